The monoisotopic (exact) mass is 295 g/mol. The van der Waals surface area contributed by atoms with E-state index in [-0.39, 0.29) is 0 Å². The Morgan fingerprint density at radius 2 is 1.90 bits per heavy atom. The molecule has 2 rings (SSSR count). The van der Waals surface area contributed by atoms with Crippen LogP contribution in [0.5, 0.6) is 0 Å². The molecule has 0 aliphatic carbocycles. The molecule has 5 nitrogen and oxygen atoms in total. The van der Waals surface area contributed by atoms with Crippen molar-refractivity contribution in [1.82, 2.24) is 14.9 Å². The predicted molar refractivity (Wildman–Crippen MR) is 87.6 cm³/mol. The predicted octanol–water partition coefficient (Wildman–Crippen LogP) is 1.41. The Hall–Kier alpha value is -1.01. The van der Waals surface area contributed by atoms with Crippen molar-refractivity contribution < 1.29 is 0 Å². The standard InChI is InChI=1S/C14H25N5S/c1-4-12-11(2)16-14(15)17-13(12)19-7-5-18(6-8-19)9-10-20-3/h4-10H2,1-3H3,(H2,15,16,17). The highest BCUT2D eigenvalue weighted by molar-refractivity contribution is 7.98. The third kappa shape index (κ3) is 3.55. The van der Waals surface area contributed by atoms with E-state index in [1.165, 1.54) is 17.9 Å². The van der Waals surface area contributed by atoms with Gasteiger partial charge in [-0.15, -0.1) is 0 Å². The second kappa shape index (κ2) is 7.13. The molecule has 1 aliphatic rings. The highest BCUT2D eigenvalue weighted by Gasteiger charge is 2.21. The molecule has 6 heteroatoms. The summed E-state index contributed by atoms with van der Waals surface area (Å²) in [5.74, 6) is 2.64. The van der Waals surface area contributed by atoms with E-state index in [2.05, 4.69) is 32.9 Å². The number of hydrogen-bond acceptors (Lipinski definition) is 6. The summed E-state index contributed by atoms with van der Waals surface area (Å²) < 4.78 is 0. The first-order valence-corrected chi connectivity index (χ1v) is 8.64. The zero-order valence-corrected chi connectivity index (χ0v) is 13.5. The molecule has 112 valence electrons. The molecule has 1 aromatic rings. The van der Waals surface area contributed by atoms with E-state index in [4.69, 9.17) is 5.73 Å². The minimum atomic E-state index is 0.388. The lowest BCUT2D eigenvalue weighted by molar-refractivity contribution is 0.272. The fourth-order valence-corrected chi connectivity index (χ4v) is 3.12. The van der Waals surface area contributed by atoms with Gasteiger partial charge in [0.1, 0.15) is 5.82 Å². The molecule has 1 saturated heterocycles. The van der Waals surface area contributed by atoms with Crippen molar-refractivity contribution in [2.75, 3.05) is 55.4 Å². The number of anilines is 2. The summed E-state index contributed by atoms with van der Waals surface area (Å²) in [4.78, 5) is 13.7. The lowest BCUT2D eigenvalue weighted by atomic mass is 10.1. The van der Waals surface area contributed by atoms with Crippen LogP contribution in [0.3, 0.4) is 0 Å². The smallest absolute Gasteiger partial charge is 0.222 e. The SMILES string of the molecule is CCc1c(C)nc(N)nc1N1CCN(CCSC)CC1. The van der Waals surface area contributed by atoms with Gasteiger partial charge in [-0.3, -0.25) is 4.90 Å². The number of aromatic nitrogens is 2. The summed E-state index contributed by atoms with van der Waals surface area (Å²) in [6.45, 7) is 9.61. The molecule has 0 spiro atoms. The topological polar surface area (TPSA) is 58.3 Å². The van der Waals surface area contributed by atoms with Gasteiger partial charge in [-0.05, 0) is 19.6 Å². The van der Waals surface area contributed by atoms with E-state index in [0.29, 0.717) is 5.95 Å². The molecular weight excluding hydrogens is 270 g/mol. The van der Waals surface area contributed by atoms with E-state index in [9.17, 15) is 0 Å². The van der Waals surface area contributed by atoms with Crippen LogP contribution < -0.4 is 10.6 Å². The highest BCUT2D eigenvalue weighted by atomic mass is 32.2. The molecule has 0 saturated carbocycles. The number of nitrogens with two attached hydrogens (primary N) is 1. The van der Waals surface area contributed by atoms with Crippen molar-refractivity contribution in [3.63, 3.8) is 0 Å². The average molecular weight is 295 g/mol. The van der Waals surface area contributed by atoms with Crippen LogP contribution in [-0.4, -0.2) is 59.6 Å². The molecule has 0 radical (unpaired) electrons. The van der Waals surface area contributed by atoms with Crippen LogP contribution in [0, 0.1) is 6.92 Å². The van der Waals surface area contributed by atoms with Crippen molar-refractivity contribution in [3.05, 3.63) is 11.3 Å². The maximum atomic E-state index is 5.82. The summed E-state index contributed by atoms with van der Waals surface area (Å²) in [5.41, 5.74) is 8.07. The molecule has 0 bridgehead atoms. The normalized spacial score (nSPS) is 16.6. The first kappa shape index (κ1) is 15.4. The van der Waals surface area contributed by atoms with Gasteiger partial charge in [-0.2, -0.15) is 16.7 Å². The number of rotatable bonds is 5. The minimum Gasteiger partial charge on any atom is -0.368 e. The molecule has 2 N–H and O–H groups in total. The van der Waals surface area contributed by atoms with Crippen molar-refractivity contribution >= 4 is 23.5 Å². The Balaban J connectivity index is 2.06. The molecule has 0 aromatic carbocycles. The number of nitrogen functional groups attached to an aromatic ring is 1. The van der Waals surface area contributed by atoms with Crippen LogP contribution >= 0.6 is 11.8 Å². The second-order valence-corrected chi connectivity index (χ2v) is 6.13. The fourth-order valence-electron chi connectivity index (χ4n) is 2.68. The number of hydrogen-bond donors (Lipinski definition) is 1. The van der Waals surface area contributed by atoms with Gasteiger partial charge in [0.2, 0.25) is 5.95 Å². The summed E-state index contributed by atoms with van der Waals surface area (Å²) >= 11 is 1.91. The zero-order valence-electron chi connectivity index (χ0n) is 12.7. The Morgan fingerprint density at radius 3 is 2.50 bits per heavy atom. The lowest BCUT2D eigenvalue weighted by Gasteiger charge is -2.36. The molecule has 1 aliphatic heterocycles. The van der Waals surface area contributed by atoms with E-state index in [1.807, 2.05) is 18.7 Å². The van der Waals surface area contributed by atoms with Crippen molar-refractivity contribution in [2.24, 2.45) is 0 Å². The fraction of sp³-hybridized carbons (Fsp3) is 0.714. The average Bonchev–Trinajstić information content (AvgIpc) is 2.45. The Kier molecular flexibility index (Phi) is 5.48. The quantitative estimate of drug-likeness (QED) is 0.886. The Bertz CT molecular complexity index is 443. The van der Waals surface area contributed by atoms with Gasteiger partial charge in [-0.25, -0.2) is 4.98 Å². The number of piperazine rings is 1. The molecule has 0 atom stereocenters. The van der Waals surface area contributed by atoms with Gasteiger partial charge in [-0.1, -0.05) is 6.92 Å². The van der Waals surface area contributed by atoms with E-state index < -0.39 is 0 Å². The van der Waals surface area contributed by atoms with E-state index >= 15 is 0 Å². The summed E-state index contributed by atoms with van der Waals surface area (Å²) in [6, 6.07) is 0. The van der Waals surface area contributed by atoms with Gasteiger partial charge >= 0.3 is 0 Å². The number of aryl methyl sites for hydroxylation is 1. The van der Waals surface area contributed by atoms with Gasteiger partial charge in [0, 0.05) is 49.7 Å². The minimum absolute atomic E-state index is 0.388. The zero-order chi connectivity index (χ0) is 14.5. The number of nitrogens with zero attached hydrogens (tertiary/aromatic N) is 4. The molecule has 1 aromatic heterocycles. The van der Waals surface area contributed by atoms with Crippen LogP contribution in [0.4, 0.5) is 11.8 Å². The van der Waals surface area contributed by atoms with Crippen LogP contribution in [0.2, 0.25) is 0 Å². The van der Waals surface area contributed by atoms with Crippen molar-refractivity contribution in [2.45, 2.75) is 20.3 Å². The van der Waals surface area contributed by atoms with Crippen molar-refractivity contribution in [3.8, 4) is 0 Å². The Morgan fingerprint density at radius 1 is 1.20 bits per heavy atom. The van der Waals surface area contributed by atoms with Gasteiger partial charge in [0.15, 0.2) is 0 Å². The second-order valence-electron chi connectivity index (χ2n) is 5.14. The summed E-state index contributed by atoms with van der Waals surface area (Å²) in [6.07, 6.45) is 3.12. The molecule has 0 amide bonds. The van der Waals surface area contributed by atoms with Gasteiger partial charge < -0.3 is 10.6 Å². The van der Waals surface area contributed by atoms with Crippen LogP contribution in [0.25, 0.3) is 0 Å². The third-order valence-corrected chi connectivity index (χ3v) is 4.44. The molecule has 2 heterocycles. The molecule has 1 fully saturated rings. The van der Waals surface area contributed by atoms with Crippen LogP contribution in [0.15, 0.2) is 0 Å². The third-order valence-electron chi connectivity index (χ3n) is 3.85. The maximum Gasteiger partial charge on any atom is 0.222 e. The first-order valence-electron chi connectivity index (χ1n) is 7.25. The van der Waals surface area contributed by atoms with Gasteiger partial charge in [0.05, 0.1) is 0 Å². The van der Waals surface area contributed by atoms with Gasteiger partial charge in [0.25, 0.3) is 0 Å². The molecule has 0 unspecified atom stereocenters. The van der Waals surface area contributed by atoms with Crippen LogP contribution in [-0.2, 0) is 6.42 Å². The first-order chi connectivity index (χ1) is 9.65. The lowest BCUT2D eigenvalue weighted by Crippen LogP contribution is -2.47. The largest absolute Gasteiger partial charge is 0.368 e. The number of thioether (sulfide) groups is 1. The highest BCUT2D eigenvalue weighted by Crippen LogP contribution is 2.23. The van der Waals surface area contributed by atoms with E-state index in [1.54, 1.807) is 0 Å². The molecular formula is C14H25N5S. The van der Waals surface area contributed by atoms with Crippen LogP contribution in [0.1, 0.15) is 18.2 Å². The summed E-state index contributed by atoms with van der Waals surface area (Å²) in [7, 11) is 0. The maximum absolute atomic E-state index is 5.82. The van der Waals surface area contributed by atoms with E-state index in [0.717, 1.165) is 44.1 Å². The van der Waals surface area contributed by atoms with Crippen molar-refractivity contribution in [1.29, 1.82) is 0 Å². The summed E-state index contributed by atoms with van der Waals surface area (Å²) in [5, 5.41) is 0. The molecule has 20 heavy (non-hydrogen) atoms. The Labute approximate surface area is 125 Å².